The van der Waals surface area contributed by atoms with Gasteiger partial charge in [0.1, 0.15) is 0 Å². The van der Waals surface area contributed by atoms with Gasteiger partial charge < -0.3 is 14.9 Å². The van der Waals surface area contributed by atoms with Gasteiger partial charge in [0.05, 0.1) is 13.0 Å². The van der Waals surface area contributed by atoms with Gasteiger partial charge in [0.25, 0.3) is 0 Å². The number of hydrogen-bond donors (Lipinski definition) is 2. The highest BCUT2D eigenvalue weighted by Crippen LogP contribution is 2.30. The Labute approximate surface area is 85.4 Å². The summed E-state index contributed by atoms with van der Waals surface area (Å²) in [6, 6.07) is 0. The molecule has 0 aromatic rings. The highest BCUT2D eigenvalue weighted by Gasteiger charge is 2.45. The number of carbonyl (C=O) groups is 2. The molecule has 14 heavy (non-hydrogen) atoms. The van der Waals surface area contributed by atoms with Crippen LogP contribution >= 0.6 is 11.8 Å². The molecule has 0 bridgehead atoms. The summed E-state index contributed by atoms with van der Waals surface area (Å²) >= 11 is 1.31. The number of ether oxygens (including phenoxy) is 1. The fraction of sp³-hybridized carbons (Fsp3) is 0.750. The normalized spacial score (nSPS) is 25.4. The SMILES string of the molecule is O=C(O)CCSCC1(C(=O)O)CCO1. The third-order valence-corrected chi connectivity index (χ3v) is 3.23. The van der Waals surface area contributed by atoms with Gasteiger partial charge in [-0.15, -0.1) is 0 Å². The Hall–Kier alpha value is -0.750. The van der Waals surface area contributed by atoms with Gasteiger partial charge in [-0.05, 0) is 0 Å². The molecular weight excluding hydrogens is 208 g/mol. The van der Waals surface area contributed by atoms with Crippen molar-refractivity contribution in [1.29, 1.82) is 0 Å². The quantitative estimate of drug-likeness (QED) is 0.632. The highest BCUT2D eigenvalue weighted by atomic mass is 32.2. The number of hydrogen-bond acceptors (Lipinski definition) is 4. The Morgan fingerprint density at radius 1 is 1.43 bits per heavy atom. The molecule has 1 unspecified atom stereocenters. The van der Waals surface area contributed by atoms with Crippen LogP contribution in [0.15, 0.2) is 0 Å². The Kier molecular flexibility index (Phi) is 3.77. The lowest BCUT2D eigenvalue weighted by Gasteiger charge is -2.37. The number of carboxylic acids is 2. The average molecular weight is 220 g/mol. The van der Waals surface area contributed by atoms with Gasteiger partial charge in [0.2, 0.25) is 0 Å². The molecule has 1 rings (SSSR count). The molecule has 6 heteroatoms. The van der Waals surface area contributed by atoms with Crippen molar-refractivity contribution in [3.63, 3.8) is 0 Å². The van der Waals surface area contributed by atoms with Gasteiger partial charge in [-0.2, -0.15) is 11.8 Å². The number of aliphatic carboxylic acids is 2. The molecule has 1 atom stereocenters. The van der Waals surface area contributed by atoms with Crippen LogP contribution in [0.1, 0.15) is 12.8 Å². The number of rotatable bonds is 6. The zero-order chi connectivity index (χ0) is 10.6. The molecule has 0 saturated carbocycles. The topological polar surface area (TPSA) is 83.8 Å². The van der Waals surface area contributed by atoms with Crippen LogP contribution < -0.4 is 0 Å². The molecule has 80 valence electrons. The van der Waals surface area contributed by atoms with E-state index < -0.39 is 17.5 Å². The first-order chi connectivity index (χ1) is 6.57. The maximum atomic E-state index is 10.8. The lowest BCUT2D eigenvalue weighted by atomic mass is 9.98. The van der Waals surface area contributed by atoms with E-state index in [1.54, 1.807) is 0 Å². The van der Waals surface area contributed by atoms with Crippen molar-refractivity contribution in [3.8, 4) is 0 Å². The van der Waals surface area contributed by atoms with Crippen LogP contribution in [0.4, 0.5) is 0 Å². The average Bonchev–Trinajstić information content (AvgIpc) is 1.99. The molecule has 0 spiro atoms. The fourth-order valence-electron chi connectivity index (χ4n) is 1.09. The first kappa shape index (κ1) is 11.3. The second-order valence-electron chi connectivity index (χ2n) is 3.09. The third kappa shape index (κ3) is 2.62. The van der Waals surface area contributed by atoms with E-state index in [9.17, 15) is 9.59 Å². The minimum Gasteiger partial charge on any atom is -0.481 e. The highest BCUT2D eigenvalue weighted by molar-refractivity contribution is 7.99. The Bertz CT molecular complexity index is 236. The van der Waals surface area contributed by atoms with Crippen molar-refractivity contribution in [2.24, 2.45) is 0 Å². The Balaban J connectivity index is 2.22. The van der Waals surface area contributed by atoms with Crippen LogP contribution in [0.5, 0.6) is 0 Å². The Morgan fingerprint density at radius 3 is 2.43 bits per heavy atom. The van der Waals surface area contributed by atoms with E-state index >= 15 is 0 Å². The second kappa shape index (κ2) is 4.65. The largest absolute Gasteiger partial charge is 0.481 e. The molecule has 5 nitrogen and oxygen atoms in total. The van der Waals surface area contributed by atoms with E-state index in [0.717, 1.165) is 0 Å². The molecule has 1 heterocycles. The third-order valence-electron chi connectivity index (χ3n) is 2.07. The molecule has 0 aromatic heterocycles. The summed E-state index contributed by atoms with van der Waals surface area (Å²) in [6.07, 6.45) is 0.572. The maximum absolute atomic E-state index is 10.8. The zero-order valence-corrected chi connectivity index (χ0v) is 8.38. The van der Waals surface area contributed by atoms with E-state index in [0.29, 0.717) is 24.5 Å². The lowest BCUT2D eigenvalue weighted by Crippen LogP contribution is -2.52. The van der Waals surface area contributed by atoms with Crippen LogP contribution in [0, 0.1) is 0 Å². The first-order valence-electron chi connectivity index (χ1n) is 4.24. The van der Waals surface area contributed by atoms with Gasteiger partial charge in [-0.1, -0.05) is 0 Å². The summed E-state index contributed by atoms with van der Waals surface area (Å²) in [5, 5.41) is 17.2. The van der Waals surface area contributed by atoms with Crippen molar-refractivity contribution >= 4 is 23.7 Å². The minimum atomic E-state index is -1.05. The van der Waals surface area contributed by atoms with Crippen molar-refractivity contribution in [2.75, 3.05) is 18.1 Å². The lowest BCUT2D eigenvalue weighted by molar-refractivity contribution is -0.187. The van der Waals surface area contributed by atoms with E-state index in [4.69, 9.17) is 14.9 Å². The van der Waals surface area contributed by atoms with Crippen LogP contribution in [0.2, 0.25) is 0 Å². The summed E-state index contributed by atoms with van der Waals surface area (Å²) in [5.74, 6) is -1.06. The van der Waals surface area contributed by atoms with Crippen LogP contribution in [-0.2, 0) is 14.3 Å². The molecule has 2 N–H and O–H groups in total. The van der Waals surface area contributed by atoms with Crippen LogP contribution in [0.3, 0.4) is 0 Å². The predicted octanol–water partition coefficient (Wildman–Crippen LogP) is 0.438. The molecule has 1 aliphatic rings. The number of thioether (sulfide) groups is 1. The van der Waals surface area contributed by atoms with Gasteiger partial charge in [0, 0.05) is 17.9 Å². The monoisotopic (exact) mass is 220 g/mol. The van der Waals surface area contributed by atoms with Crippen molar-refractivity contribution < 1.29 is 24.5 Å². The van der Waals surface area contributed by atoms with Crippen LogP contribution in [-0.4, -0.2) is 45.9 Å². The van der Waals surface area contributed by atoms with Gasteiger partial charge in [0.15, 0.2) is 5.60 Å². The molecule has 0 aromatic carbocycles. The van der Waals surface area contributed by atoms with Gasteiger partial charge >= 0.3 is 11.9 Å². The first-order valence-corrected chi connectivity index (χ1v) is 5.39. The Morgan fingerprint density at radius 2 is 2.07 bits per heavy atom. The van der Waals surface area contributed by atoms with Crippen molar-refractivity contribution in [2.45, 2.75) is 18.4 Å². The molecular formula is C8H12O5S. The van der Waals surface area contributed by atoms with E-state index in [2.05, 4.69) is 0 Å². The molecule has 1 saturated heterocycles. The molecule has 1 aliphatic heterocycles. The molecule has 0 aliphatic carbocycles. The zero-order valence-electron chi connectivity index (χ0n) is 7.56. The van der Waals surface area contributed by atoms with E-state index in [1.165, 1.54) is 11.8 Å². The summed E-state index contributed by atoms with van der Waals surface area (Å²) in [6.45, 7) is 0.478. The van der Waals surface area contributed by atoms with Gasteiger partial charge in [-0.3, -0.25) is 4.79 Å². The van der Waals surface area contributed by atoms with Crippen molar-refractivity contribution in [1.82, 2.24) is 0 Å². The molecule has 0 radical (unpaired) electrons. The summed E-state index contributed by atoms with van der Waals surface area (Å²) < 4.78 is 5.02. The van der Waals surface area contributed by atoms with Crippen LogP contribution in [0.25, 0.3) is 0 Å². The maximum Gasteiger partial charge on any atom is 0.336 e. The fourth-order valence-corrected chi connectivity index (χ4v) is 2.23. The van der Waals surface area contributed by atoms with E-state index in [-0.39, 0.29) is 6.42 Å². The molecule has 1 fully saturated rings. The smallest absolute Gasteiger partial charge is 0.336 e. The molecule has 0 amide bonds. The minimum absolute atomic E-state index is 0.0559. The number of carboxylic acid groups (broad SMARTS) is 2. The standard InChI is InChI=1S/C8H12O5S/c9-6(10)1-4-14-5-8(7(11)12)2-3-13-8/h1-5H2,(H,9,10)(H,11,12). The predicted molar refractivity (Wildman–Crippen MR) is 50.5 cm³/mol. The van der Waals surface area contributed by atoms with Gasteiger partial charge in [-0.25, -0.2) is 4.79 Å². The summed E-state index contributed by atoms with van der Waals surface area (Å²) in [4.78, 5) is 21.0. The second-order valence-corrected chi connectivity index (χ2v) is 4.20. The summed E-state index contributed by atoms with van der Waals surface area (Å²) in [7, 11) is 0. The van der Waals surface area contributed by atoms with Crippen molar-refractivity contribution in [3.05, 3.63) is 0 Å². The summed E-state index contributed by atoms with van der Waals surface area (Å²) in [5.41, 5.74) is -1.05. The van der Waals surface area contributed by atoms with E-state index in [1.807, 2.05) is 0 Å².